The second-order valence-corrected chi connectivity index (χ2v) is 11.1. The maximum absolute atomic E-state index is 12.4. The molecule has 1 heterocycles. The Kier molecular flexibility index (Phi) is 10.1. The first kappa shape index (κ1) is 29.0. The van der Waals surface area contributed by atoms with Gasteiger partial charge in [0.2, 0.25) is 5.91 Å². The van der Waals surface area contributed by atoms with Gasteiger partial charge < -0.3 is 25.2 Å². The highest BCUT2D eigenvalue weighted by atomic mass is 16.6. The number of rotatable bonds is 9. The second kappa shape index (κ2) is 13.3. The first-order valence-electron chi connectivity index (χ1n) is 13.4. The van der Waals surface area contributed by atoms with E-state index in [1.54, 1.807) is 4.90 Å². The maximum Gasteiger partial charge on any atom is 0.410 e. The van der Waals surface area contributed by atoms with Crippen LogP contribution in [0.4, 0.5) is 10.5 Å². The minimum atomic E-state index is -0.482. The van der Waals surface area contributed by atoms with Gasteiger partial charge in [0, 0.05) is 38.4 Å². The third-order valence-electron chi connectivity index (χ3n) is 6.37. The van der Waals surface area contributed by atoms with Crippen LogP contribution in [0.2, 0.25) is 0 Å². The summed E-state index contributed by atoms with van der Waals surface area (Å²) < 4.78 is 5.49. The predicted molar refractivity (Wildman–Crippen MR) is 151 cm³/mol. The van der Waals surface area contributed by atoms with Crippen molar-refractivity contribution in [3.8, 4) is 17.2 Å². The topological polar surface area (TPSA) is 97.7 Å². The number of amides is 2. The maximum atomic E-state index is 12.4. The van der Waals surface area contributed by atoms with Crippen LogP contribution in [0.25, 0.3) is 11.1 Å². The molecule has 2 amide bonds. The van der Waals surface area contributed by atoms with Crippen LogP contribution in [0.1, 0.15) is 46.6 Å². The van der Waals surface area contributed by atoms with Gasteiger partial charge in [-0.25, -0.2) is 4.79 Å². The lowest BCUT2D eigenvalue weighted by Crippen LogP contribution is -2.50. The monoisotopic (exact) mass is 519 g/mol. The second-order valence-electron chi connectivity index (χ2n) is 11.1. The molecule has 38 heavy (non-hydrogen) atoms. The molecule has 0 spiro atoms. The molecule has 3 rings (SSSR count). The van der Waals surface area contributed by atoms with Gasteiger partial charge in [0.05, 0.1) is 12.1 Å². The van der Waals surface area contributed by atoms with Gasteiger partial charge in [-0.3, -0.25) is 4.79 Å². The van der Waals surface area contributed by atoms with E-state index in [4.69, 9.17) is 10.00 Å². The summed E-state index contributed by atoms with van der Waals surface area (Å²) in [6.45, 7) is 13.2. The molecule has 2 aromatic rings. The number of nitriles is 1. The van der Waals surface area contributed by atoms with E-state index in [1.807, 2.05) is 26.8 Å². The molecule has 1 aliphatic rings. The van der Waals surface area contributed by atoms with Crippen molar-refractivity contribution < 1.29 is 14.3 Å². The molecule has 1 fully saturated rings. The molecule has 0 bridgehead atoms. The molecule has 2 N–H and O–H groups in total. The number of hydrogen-bond donors (Lipinski definition) is 2. The zero-order valence-corrected chi connectivity index (χ0v) is 23.3. The van der Waals surface area contributed by atoms with Crippen molar-refractivity contribution in [2.24, 2.45) is 5.92 Å². The van der Waals surface area contributed by atoms with Gasteiger partial charge in [-0.05, 0) is 61.9 Å². The summed E-state index contributed by atoms with van der Waals surface area (Å²) in [4.78, 5) is 28.8. The van der Waals surface area contributed by atoms with E-state index in [-0.39, 0.29) is 24.6 Å². The largest absolute Gasteiger partial charge is 0.444 e. The first-order chi connectivity index (χ1) is 18.1. The van der Waals surface area contributed by atoms with Gasteiger partial charge in [-0.2, -0.15) is 5.26 Å². The zero-order valence-electron chi connectivity index (χ0n) is 23.3. The molecule has 0 aromatic heterocycles. The average Bonchev–Trinajstić information content (AvgIpc) is 2.89. The van der Waals surface area contributed by atoms with Crippen LogP contribution < -0.4 is 15.5 Å². The third-order valence-corrected chi connectivity index (χ3v) is 6.37. The number of nitrogens with one attached hydrogen (secondary N) is 2. The van der Waals surface area contributed by atoms with Crippen LogP contribution in [0.5, 0.6) is 0 Å². The van der Waals surface area contributed by atoms with Crippen molar-refractivity contribution in [2.75, 3.05) is 37.6 Å². The van der Waals surface area contributed by atoms with E-state index in [0.717, 1.165) is 35.5 Å². The van der Waals surface area contributed by atoms with Crippen LogP contribution in [0, 0.1) is 17.2 Å². The normalized spacial score (nSPS) is 14.7. The number of piperazine rings is 1. The lowest BCUT2D eigenvalue weighted by atomic mass is 10.0. The van der Waals surface area contributed by atoms with Gasteiger partial charge in [-0.15, -0.1) is 0 Å². The van der Waals surface area contributed by atoms with Crippen molar-refractivity contribution in [2.45, 2.75) is 59.2 Å². The summed E-state index contributed by atoms with van der Waals surface area (Å²) in [6, 6.07) is 18.5. The van der Waals surface area contributed by atoms with Crippen LogP contribution in [0.15, 0.2) is 48.5 Å². The van der Waals surface area contributed by atoms with Crippen molar-refractivity contribution in [1.29, 1.82) is 5.26 Å². The van der Waals surface area contributed by atoms with Crippen molar-refractivity contribution in [3.05, 3.63) is 54.1 Å². The van der Waals surface area contributed by atoms with E-state index >= 15 is 0 Å². The highest BCUT2D eigenvalue weighted by Gasteiger charge is 2.26. The van der Waals surface area contributed by atoms with Crippen LogP contribution in [-0.2, 0) is 16.1 Å². The average molecular weight is 520 g/mol. The van der Waals surface area contributed by atoms with Crippen LogP contribution in [0.3, 0.4) is 0 Å². The fraction of sp³-hybridized carbons (Fsp3) is 0.500. The molecular weight excluding hydrogens is 478 g/mol. The van der Waals surface area contributed by atoms with Crippen molar-refractivity contribution in [1.82, 2.24) is 15.5 Å². The number of benzene rings is 2. The fourth-order valence-electron chi connectivity index (χ4n) is 4.40. The first-order valence-corrected chi connectivity index (χ1v) is 13.4. The van der Waals surface area contributed by atoms with Crippen molar-refractivity contribution in [3.63, 3.8) is 0 Å². The summed E-state index contributed by atoms with van der Waals surface area (Å²) >= 11 is 0. The van der Waals surface area contributed by atoms with Gasteiger partial charge >= 0.3 is 6.09 Å². The van der Waals surface area contributed by atoms with E-state index in [1.165, 1.54) is 0 Å². The SMILES string of the molecule is CC(C)C[C@H](NCc1ccc(-c2ccc(N3CCN(C(=O)OC(C)(C)C)CC3)cc2)cc1)C(=O)NCC#N. The number of carbonyl (C=O) groups is 2. The molecule has 8 nitrogen and oxygen atoms in total. The standard InChI is InChI=1S/C30H41N5O3/c1-22(2)20-27(28(36)32-15-14-31)33-21-23-6-8-24(9-7-23)25-10-12-26(13-11-25)34-16-18-35(19-17-34)29(37)38-30(3,4)5/h6-13,22,27,33H,15-21H2,1-5H3,(H,32,36)/t27-/m0/s1. The number of nitrogens with zero attached hydrogens (tertiary/aromatic N) is 3. The van der Waals surface area contributed by atoms with Gasteiger partial charge in [0.25, 0.3) is 0 Å². The molecule has 0 unspecified atom stereocenters. The summed E-state index contributed by atoms with van der Waals surface area (Å²) in [5.41, 5.74) is 4.01. The molecule has 1 aliphatic heterocycles. The Morgan fingerprint density at radius 1 is 0.974 bits per heavy atom. The Labute approximate surface area is 227 Å². The van der Waals surface area contributed by atoms with E-state index in [2.05, 4.69) is 77.9 Å². The van der Waals surface area contributed by atoms with Crippen LogP contribution >= 0.6 is 0 Å². The van der Waals surface area contributed by atoms with E-state index in [9.17, 15) is 9.59 Å². The van der Waals surface area contributed by atoms with E-state index in [0.29, 0.717) is 32.0 Å². The Hall–Kier alpha value is -3.57. The number of ether oxygens (including phenoxy) is 1. The van der Waals surface area contributed by atoms with Crippen molar-refractivity contribution >= 4 is 17.7 Å². The van der Waals surface area contributed by atoms with Gasteiger partial charge in [-0.1, -0.05) is 50.2 Å². The predicted octanol–water partition coefficient (Wildman–Crippen LogP) is 4.55. The summed E-state index contributed by atoms with van der Waals surface area (Å²) in [6.07, 6.45) is 0.460. The Morgan fingerprint density at radius 2 is 1.55 bits per heavy atom. The van der Waals surface area contributed by atoms with Gasteiger partial charge in [0.15, 0.2) is 0 Å². The number of carbonyl (C=O) groups excluding carboxylic acids is 2. The Bertz CT molecular complexity index is 1090. The fourth-order valence-corrected chi connectivity index (χ4v) is 4.40. The highest BCUT2D eigenvalue weighted by Crippen LogP contribution is 2.25. The number of anilines is 1. The zero-order chi connectivity index (χ0) is 27.7. The molecule has 8 heteroatoms. The molecule has 1 atom stereocenters. The minimum Gasteiger partial charge on any atom is -0.444 e. The van der Waals surface area contributed by atoms with E-state index < -0.39 is 5.60 Å². The molecule has 0 aliphatic carbocycles. The molecule has 0 saturated carbocycles. The molecule has 204 valence electrons. The van der Waals surface area contributed by atoms with Gasteiger partial charge in [0.1, 0.15) is 12.1 Å². The number of hydrogen-bond acceptors (Lipinski definition) is 6. The van der Waals surface area contributed by atoms with Crippen LogP contribution in [-0.4, -0.2) is 61.3 Å². The highest BCUT2D eigenvalue weighted by molar-refractivity contribution is 5.81. The molecule has 0 radical (unpaired) electrons. The summed E-state index contributed by atoms with van der Waals surface area (Å²) in [5, 5.41) is 14.7. The minimum absolute atomic E-state index is 0.0187. The summed E-state index contributed by atoms with van der Waals surface area (Å²) in [7, 11) is 0. The lowest BCUT2D eigenvalue weighted by molar-refractivity contribution is -0.123. The quantitative estimate of drug-likeness (QED) is 0.472. The molecule has 1 saturated heterocycles. The Morgan fingerprint density at radius 3 is 2.08 bits per heavy atom. The third kappa shape index (κ3) is 8.77. The molecular formula is C30H41N5O3. The summed E-state index contributed by atoms with van der Waals surface area (Å²) in [5.74, 6) is 0.225. The molecule has 2 aromatic carbocycles. The smallest absolute Gasteiger partial charge is 0.410 e. The lowest BCUT2D eigenvalue weighted by Gasteiger charge is -2.36. The Balaban J connectivity index is 1.54.